The van der Waals surface area contributed by atoms with Crippen molar-refractivity contribution in [3.05, 3.63) is 29.8 Å². The number of amidine groups is 1. The molecule has 2 aromatic rings. The summed E-state index contributed by atoms with van der Waals surface area (Å²) in [4.78, 5) is 44.2. The van der Waals surface area contributed by atoms with Gasteiger partial charge in [-0.05, 0) is 39.8 Å². The van der Waals surface area contributed by atoms with Crippen molar-refractivity contribution in [1.82, 2.24) is 16.0 Å². The van der Waals surface area contributed by atoms with Crippen molar-refractivity contribution in [2.45, 2.75) is 38.0 Å². The van der Waals surface area contributed by atoms with Gasteiger partial charge in [0.05, 0.1) is 16.7 Å². The number of anilines is 1. The third kappa shape index (κ3) is 4.69. The summed E-state index contributed by atoms with van der Waals surface area (Å²) in [5, 5.41) is 11.7. The number of piperidine rings is 1. The van der Waals surface area contributed by atoms with Crippen LogP contribution in [0.15, 0.2) is 29.3 Å². The van der Waals surface area contributed by atoms with Crippen molar-refractivity contribution in [2.75, 3.05) is 30.7 Å². The molecule has 4 rings (SSSR count). The van der Waals surface area contributed by atoms with Crippen LogP contribution in [0.25, 0.3) is 10.1 Å². The van der Waals surface area contributed by atoms with Crippen LogP contribution in [0.3, 0.4) is 0 Å². The number of sulfone groups is 1. The first-order valence-corrected chi connectivity index (χ1v) is 14.0. The molecule has 2 aliphatic heterocycles. The molecule has 188 valence electrons. The number of nitrogens with zero attached hydrogens (tertiary/aromatic N) is 1. The Morgan fingerprint density at radius 3 is 2.74 bits per heavy atom. The van der Waals surface area contributed by atoms with Crippen molar-refractivity contribution in [1.29, 1.82) is 0 Å². The van der Waals surface area contributed by atoms with Crippen LogP contribution < -0.4 is 21.3 Å². The second-order valence-electron chi connectivity index (χ2n) is 8.95. The second kappa shape index (κ2) is 9.67. The fraction of sp³-hybridized carbons (Fsp3) is 0.478. The Morgan fingerprint density at radius 1 is 1.29 bits per heavy atom. The van der Waals surface area contributed by atoms with Gasteiger partial charge in [0.15, 0.2) is 21.2 Å². The van der Waals surface area contributed by atoms with E-state index in [-0.39, 0.29) is 24.6 Å². The van der Waals surface area contributed by atoms with Gasteiger partial charge in [0.25, 0.3) is 5.91 Å². The van der Waals surface area contributed by atoms with Crippen LogP contribution in [0, 0.1) is 5.92 Å². The van der Waals surface area contributed by atoms with E-state index in [0.717, 1.165) is 4.70 Å². The van der Waals surface area contributed by atoms with Gasteiger partial charge in [-0.1, -0.05) is 18.2 Å². The Labute approximate surface area is 207 Å². The van der Waals surface area contributed by atoms with Gasteiger partial charge in [-0.3, -0.25) is 19.9 Å². The lowest BCUT2D eigenvalue weighted by Crippen LogP contribution is -2.57. The molecular formula is C23H29N5O5S2. The smallest absolute Gasteiger partial charge is 0.319 e. The van der Waals surface area contributed by atoms with Crippen LogP contribution in [0.5, 0.6) is 0 Å². The fourth-order valence-corrected chi connectivity index (χ4v) is 6.38. The second-order valence-corrected chi connectivity index (χ2v) is 12.6. The number of aliphatic imine (C=N–C) groups is 1. The number of benzene rings is 1. The van der Waals surface area contributed by atoms with E-state index >= 15 is 0 Å². The maximum absolute atomic E-state index is 14.1. The molecule has 2 unspecified atom stereocenters. The van der Waals surface area contributed by atoms with Crippen LogP contribution in [-0.4, -0.2) is 68.2 Å². The van der Waals surface area contributed by atoms with Crippen LogP contribution >= 0.6 is 11.3 Å². The van der Waals surface area contributed by atoms with Gasteiger partial charge < -0.3 is 16.0 Å². The lowest BCUT2D eigenvalue weighted by Gasteiger charge is -2.36. The number of nitrogens with one attached hydrogen (secondary N) is 4. The summed E-state index contributed by atoms with van der Waals surface area (Å²) in [6, 6.07) is 6.91. The van der Waals surface area contributed by atoms with E-state index in [4.69, 9.17) is 0 Å². The lowest BCUT2D eigenvalue weighted by atomic mass is 9.74. The van der Waals surface area contributed by atoms with E-state index < -0.39 is 44.2 Å². The predicted octanol–water partition coefficient (Wildman–Crippen LogP) is 1.93. The largest absolute Gasteiger partial charge is 0.338 e. The third-order valence-electron chi connectivity index (χ3n) is 6.37. The molecule has 35 heavy (non-hydrogen) atoms. The number of Topliss-reactive ketones (excluding diaryl/α,β-unsaturated/α-hetero) is 1. The molecule has 1 saturated heterocycles. The van der Waals surface area contributed by atoms with Gasteiger partial charge in [-0.25, -0.2) is 13.2 Å². The number of ketones is 1. The summed E-state index contributed by atoms with van der Waals surface area (Å²) in [6.45, 7) is 6.02. The number of hydrogen-bond acceptors (Lipinski definition) is 8. The van der Waals surface area contributed by atoms with Crippen molar-refractivity contribution >= 4 is 59.8 Å². The van der Waals surface area contributed by atoms with Crippen LogP contribution in [0.4, 0.5) is 9.80 Å². The van der Waals surface area contributed by atoms with Crippen LogP contribution in [0.2, 0.25) is 0 Å². The van der Waals surface area contributed by atoms with E-state index in [9.17, 15) is 22.8 Å². The number of thiophene rings is 1. The molecule has 4 N–H and O–H groups in total. The molecule has 2 atom stereocenters. The minimum Gasteiger partial charge on any atom is -0.338 e. The molecule has 0 bridgehead atoms. The van der Waals surface area contributed by atoms with Crippen molar-refractivity contribution in [3.8, 4) is 0 Å². The zero-order valence-electron chi connectivity index (χ0n) is 19.8. The first-order chi connectivity index (χ1) is 16.6. The van der Waals surface area contributed by atoms with Crippen LogP contribution in [-0.2, 0) is 14.6 Å². The molecule has 0 saturated carbocycles. The molecular weight excluding hydrogens is 490 g/mol. The lowest BCUT2D eigenvalue weighted by molar-refractivity contribution is -0.125. The first kappa shape index (κ1) is 25.3. The van der Waals surface area contributed by atoms with E-state index in [2.05, 4.69) is 26.3 Å². The molecule has 2 aliphatic rings. The summed E-state index contributed by atoms with van der Waals surface area (Å²) in [7, 11) is -3.49. The number of carbonyl (C=O) groups excluding carboxylic acids is 3. The zero-order chi connectivity index (χ0) is 25.4. The Hall–Kier alpha value is -2.83. The highest BCUT2D eigenvalue weighted by molar-refractivity contribution is 7.92. The molecule has 1 aromatic carbocycles. The maximum Gasteiger partial charge on any atom is 0.319 e. The Bertz CT molecular complexity index is 1320. The number of rotatable bonds is 7. The average Bonchev–Trinajstić information content (AvgIpc) is 3.30. The van der Waals surface area contributed by atoms with Crippen molar-refractivity contribution in [3.63, 3.8) is 0 Å². The number of urea groups is 1. The summed E-state index contributed by atoms with van der Waals surface area (Å²) < 4.78 is 25.7. The molecule has 3 amide bonds. The summed E-state index contributed by atoms with van der Waals surface area (Å²) in [5.41, 5.74) is -1.08. The molecule has 1 fully saturated rings. The number of hydrogen-bond donors (Lipinski definition) is 4. The van der Waals surface area contributed by atoms with Crippen molar-refractivity contribution < 1.29 is 22.8 Å². The maximum atomic E-state index is 14.1. The fourth-order valence-electron chi connectivity index (χ4n) is 4.43. The number of carbonyl (C=O) groups is 3. The van der Waals surface area contributed by atoms with E-state index in [1.165, 1.54) is 11.3 Å². The predicted molar refractivity (Wildman–Crippen MR) is 137 cm³/mol. The minimum atomic E-state index is -3.49. The average molecular weight is 520 g/mol. The van der Waals surface area contributed by atoms with Gasteiger partial charge >= 0.3 is 6.03 Å². The van der Waals surface area contributed by atoms with Crippen LogP contribution in [0.1, 0.15) is 37.6 Å². The molecule has 1 aromatic heterocycles. The molecule has 1 spiro atoms. The van der Waals surface area contributed by atoms with Gasteiger partial charge in [0.1, 0.15) is 16.6 Å². The highest BCUT2D eigenvalue weighted by atomic mass is 32.2. The van der Waals surface area contributed by atoms with Crippen molar-refractivity contribution in [2.24, 2.45) is 10.9 Å². The molecule has 0 aliphatic carbocycles. The Morgan fingerprint density at radius 2 is 2.03 bits per heavy atom. The Balaban J connectivity index is 1.76. The summed E-state index contributed by atoms with van der Waals surface area (Å²) in [6.07, 6.45) is 0.252. The minimum absolute atomic E-state index is 0.0687. The highest BCUT2D eigenvalue weighted by Gasteiger charge is 2.54. The number of amides is 3. The standard InChI is InChI=1S/C23H29N5O5S2/c1-4-25-22(31)27-20-18(14-7-5-6-8-16(14)34-20)19(29)15-11-24-10-9-23(15)21(30)26-17(28-23)12-35(32,33)13(2)3/h5-8,13,15,24H,4,9-12H2,1-3H3,(H2,25,27,31)(H,26,28,30). The molecule has 12 heteroatoms. The van der Waals surface area contributed by atoms with E-state index in [1.54, 1.807) is 20.8 Å². The van der Waals surface area contributed by atoms with Gasteiger partial charge in [-0.15, -0.1) is 11.3 Å². The third-order valence-corrected chi connectivity index (χ3v) is 9.57. The van der Waals surface area contributed by atoms with Gasteiger partial charge in [0.2, 0.25) is 0 Å². The quantitative estimate of drug-likeness (QED) is 0.411. The van der Waals surface area contributed by atoms with E-state index in [1.807, 2.05) is 24.3 Å². The highest BCUT2D eigenvalue weighted by Crippen LogP contribution is 2.41. The first-order valence-electron chi connectivity index (χ1n) is 11.5. The van der Waals surface area contributed by atoms with E-state index in [0.29, 0.717) is 29.0 Å². The summed E-state index contributed by atoms with van der Waals surface area (Å²) >= 11 is 1.28. The Kier molecular flexibility index (Phi) is 6.98. The molecule has 10 nitrogen and oxygen atoms in total. The topological polar surface area (TPSA) is 146 Å². The zero-order valence-corrected chi connectivity index (χ0v) is 21.4. The van der Waals surface area contributed by atoms with Gasteiger partial charge in [0, 0.05) is 23.2 Å². The molecule has 0 radical (unpaired) electrons. The SMILES string of the molecule is CCNC(=O)Nc1sc2ccccc2c1C(=O)C1CNCCC12N=C(CS(=O)(=O)C(C)C)NC2=O. The normalized spacial score (nSPS) is 22.3. The molecule has 3 heterocycles. The van der Waals surface area contributed by atoms with Gasteiger partial charge in [-0.2, -0.15) is 0 Å². The number of fused-ring (bicyclic) bond motifs is 1. The monoisotopic (exact) mass is 519 g/mol. The summed E-state index contributed by atoms with van der Waals surface area (Å²) in [5.74, 6) is -1.99.